The second-order valence-corrected chi connectivity index (χ2v) is 8.13. The SMILES string of the molecule is CC#CN1CCC(c2c[nH]n3c(C(N)=O)c(-c4ccc(Oc5ccccc5OC)cc4)nc23)C1. The van der Waals surface area contributed by atoms with Gasteiger partial charge in [-0.05, 0) is 49.7 Å². The van der Waals surface area contributed by atoms with Crippen LogP contribution in [0, 0.1) is 12.0 Å². The number of benzene rings is 2. The summed E-state index contributed by atoms with van der Waals surface area (Å²) < 4.78 is 13.0. The predicted octanol–water partition coefficient (Wildman–Crippen LogP) is 4.00. The number of rotatable bonds is 6. The number of nitrogens with two attached hydrogens (primary N) is 1. The van der Waals surface area contributed by atoms with Crippen molar-refractivity contribution in [3.63, 3.8) is 0 Å². The van der Waals surface area contributed by atoms with E-state index in [1.165, 1.54) is 0 Å². The monoisotopic (exact) mass is 455 g/mol. The van der Waals surface area contributed by atoms with E-state index in [0.717, 1.165) is 36.3 Å². The average molecular weight is 456 g/mol. The Balaban J connectivity index is 1.47. The molecule has 0 spiro atoms. The molecule has 0 bridgehead atoms. The second kappa shape index (κ2) is 8.87. The summed E-state index contributed by atoms with van der Waals surface area (Å²) >= 11 is 0. The summed E-state index contributed by atoms with van der Waals surface area (Å²) in [5, 5.41) is 3.17. The third kappa shape index (κ3) is 3.82. The largest absolute Gasteiger partial charge is 0.493 e. The van der Waals surface area contributed by atoms with Gasteiger partial charge in [-0.1, -0.05) is 18.1 Å². The molecule has 1 amide bonds. The second-order valence-electron chi connectivity index (χ2n) is 8.13. The van der Waals surface area contributed by atoms with Crippen LogP contribution < -0.4 is 15.2 Å². The molecular weight excluding hydrogens is 430 g/mol. The summed E-state index contributed by atoms with van der Waals surface area (Å²) in [5.41, 5.74) is 9.17. The van der Waals surface area contributed by atoms with E-state index < -0.39 is 5.91 Å². The highest BCUT2D eigenvalue weighted by molar-refractivity contribution is 5.98. The Hall–Kier alpha value is -4.38. The number of hydrogen-bond donors (Lipinski definition) is 2. The van der Waals surface area contributed by atoms with E-state index in [0.29, 0.717) is 28.6 Å². The van der Waals surface area contributed by atoms with Crippen molar-refractivity contribution in [1.29, 1.82) is 0 Å². The predicted molar refractivity (Wildman–Crippen MR) is 129 cm³/mol. The fraction of sp³-hybridized carbons (Fsp3) is 0.231. The number of imidazole rings is 1. The summed E-state index contributed by atoms with van der Waals surface area (Å²) in [5.74, 6) is 4.60. The molecule has 0 aliphatic carbocycles. The Kier molecular flexibility index (Phi) is 5.60. The molecule has 1 fully saturated rings. The molecule has 8 nitrogen and oxygen atoms in total. The molecule has 8 heteroatoms. The van der Waals surface area contributed by atoms with Crippen molar-refractivity contribution < 1.29 is 14.3 Å². The third-order valence-electron chi connectivity index (χ3n) is 6.04. The van der Waals surface area contributed by atoms with Gasteiger partial charge in [0, 0.05) is 42.4 Å². The maximum atomic E-state index is 12.4. The number of amides is 1. The van der Waals surface area contributed by atoms with Gasteiger partial charge in [-0.3, -0.25) is 9.89 Å². The lowest BCUT2D eigenvalue weighted by molar-refractivity contribution is 0.0994. The minimum Gasteiger partial charge on any atom is -0.493 e. The van der Waals surface area contributed by atoms with Crippen molar-refractivity contribution in [1.82, 2.24) is 19.5 Å². The zero-order chi connectivity index (χ0) is 23.7. The first-order chi connectivity index (χ1) is 16.6. The molecule has 1 aliphatic rings. The number of carbonyl (C=O) groups excluding carboxylic acids is 1. The Morgan fingerprint density at radius 3 is 2.65 bits per heavy atom. The van der Waals surface area contributed by atoms with Crippen molar-refractivity contribution in [2.75, 3.05) is 20.2 Å². The van der Waals surface area contributed by atoms with E-state index in [2.05, 4.69) is 22.0 Å². The molecule has 1 saturated heterocycles. The molecule has 1 unspecified atom stereocenters. The molecule has 34 heavy (non-hydrogen) atoms. The van der Waals surface area contributed by atoms with Crippen LogP contribution in [0.1, 0.15) is 35.3 Å². The van der Waals surface area contributed by atoms with Crippen LogP contribution in [0.4, 0.5) is 0 Å². The molecule has 0 saturated carbocycles. The van der Waals surface area contributed by atoms with E-state index in [4.69, 9.17) is 20.2 Å². The molecule has 3 N–H and O–H groups in total. The molecule has 0 radical (unpaired) electrons. The molecular formula is C26H25N5O3. The standard InChI is InChI=1S/C26H25N5O3/c1-3-13-30-14-12-18(16-30)20-15-28-31-24(25(27)32)23(29-26(20)31)17-8-10-19(11-9-17)34-22-7-5-4-6-21(22)33-2/h4-11,15,18,28H,12,14,16H2,1-2H3,(H2,27,32). The van der Waals surface area contributed by atoms with Gasteiger partial charge in [0.05, 0.1) is 7.11 Å². The Morgan fingerprint density at radius 1 is 1.18 bits per heavy atom. The van der Waals surface area contributed by atoms with Crippen LogP contribution in [0.3, 0.4) is 0 Å². The smallest absolute Gasteiger partial charge is 0.269 e. The topological polar surface area (TPSA) is 97.9 Å². The van der Waals surface area contributed by atoms with Gasteiger partial charge >= 0.3 is 0 Å². The van der Waals surface area contributed by atoms with Crippen LogP contribution in [0.5, 0.6) is 17.2 Å². The maximum absolute atomic E-state index is 12.4. The minimum absolute atomic E-state index is 0.280. The van der Waals surface area contributed by atoms with E-state index >= 15 is 0 Å². The zero-order valence-corrected chi connectivity index (χ0v) is 19.0. The van der Waals surface area contributed by atoms with Crippen molar-refractivity contribution in [2.24, 2.45) is 5.73 Å². The molecule has 3 heterocycles. The van der Waals surface area contributed by atoms with Gasteiger partial charge in [0.2, 0.25) is 0 Å². The molecule has 1 atom stereocenters. The normalized spacial score (nSPS) is 15.2. The van der Waals surface area contributed by atoms with Crippen molar-refractivity contribution >= 4 is 11.6 Å². The number of H-pyrrole nitrogens is 1. The number of nitrogens with one attached hydrogen (secondary N) is 1. The Morgan fingerprint density at radius 2 is 1.94 bits per heavy atom. The van der Waals surface area contributed by atoms with Gasteiger partial charge < -0.3 is 20.1 Å². The number of para-hydroxylation sites is 2. The maximum Gasteiger partial charge on any atom is 0.269 e. The van der Waals surface area contributed by atoms with E-state index in [1.807, 2.05) is 61.7 Å². The quantitative estimate of drug-likeness (QED) is 0.428. The summed E-state index contributed by atoms with van der Waals surface area (Å²) in [4.78, 5) is 19.3. The Bertz CT molecular complexity index is 1410. The van der Waals surface area contributed by atoms with Crippen LogP contribution >= 0.6 is 0 Å². The number of primary amides is 1. The van der Waals surface area contributed by atoms with Crippen LogP contribution in [0.15, 0.2) is 54.7 Å². The fourth-order valence-electron chi connectivity index (χ4n) is 4.45. The Labute approximate surface area is 197 Å². The highest BCUT2D eigenvalue weighted by Gasteiger charge is 2.28. The van der Waals surface area contributed by atoms with Gasteiger partial charge in [-0.2, -0.15) is 0 Å². The first-order valence-corrected chi connectivity index (χ1v) is 11.1. The number of aromatic amines is 1. The molecule has 5 rings (SSSR count). The van der Waals surface area contributed by atoms with Gasteiger partial charge in [0.25, 0.3) is 5.91 Å². The number of likely N-dealkylation sites (tertiary alicyclic amines) is 1. The summed E-state index contributed by atoms with van der Waals surface area (Å²) in [6.45, 7) is 3.58. The lowest BCUT2D eigenvalue weighted by Gasteiger charge is -2.10. The van der Waals surface area contributed by atoms with Crippen LogP contribution in [0.25, 0.3) is 16.9 Å². The fourth-order valence-corrected chi connectivity index (χ4v) is 4.45. The number of methoxy groups -OCH3 is 1. The van der Waals surface area contributed by atoms with Crippen molar-refractivity contribution in [3.8, 4) is 40.5 Å². The number of hydrogen-bond acceptors (Lipinski definition) is 5. The van der Waals surface area contributed by atoms with Crippen LogP contribution in [-0.2, 0) is 0 Å². The average Bonchev–Trinajstić information content (AvgIpc) is 3.55. The van der Waals surface area contributed by atoms with Crippen LogP contribution in [-0.4, -0.2) is 45.6 Å². The highest BCUT2D eigenvalue weighted by Crippen LogP contribution is 2.35. The van der Waals surface area contributed by atoms with E-state index in [9.17, 15) is 4.79 Å². The molecule has 2 aromatic carbocycles. The van der Waals surface area contributed by atoms with Gasteiger partial charge in [-0.15, -0.1) is 0 Å². The van der Waals surface area contributed by atoms with E-state index in [-0.39, 0.29) is 5.92 Å². The van der Waals surface area contributed by atoms with Gasteiger partial charge in [-0.25, -0.2) is 9.50 Å². The first-order valence-electron chi connectivity index (χ1n) is 11.1. The minimum atomic E-state index is -0.546. The molecule has 1 aliphatic heterocycles. The van der Waals surface area contributed by atoms with Crippen molar-refractivity contribution in [3.05, 3.63) is 66.0 Å². The number of ether oxygens (including phenoxy) is 2. The number of nitrogens with zero attached hydrogens (tertiary/aromatic N) is 3. The molecule has 172 valence electrons. The van der Waals surface area contributed by atoms with E-state index in [1.54, 1.807) is 11.6 Å². The number of fused-ring (bicyclic) bond motifs is 1. The van der Waals surface area contributed by atoms with Crippen LogP contribution in [0.2, 0.25) is 0 Å². The van der Waals surface area contributed by atoms with Crippen molar-refractivity contribution in [2.45, 2.75) is 19.3 Å². The first kappa shape index (κ1) is 21.5. The number of carbonyl (C=O) groups is 1. The lowest BCUT2D eigenvalue weighted by atomic mass is 10.0. The lowest BCUT2D eigenvalue weighted by Crippen LogP contribution is -2.15. The molecule has 4 aromatic rings. The van der Waals surface area contributed by atoms with Gasteiger partial charge in [0.15, 0.2) is 22.8 Å². The zero-order valence-electron chi connectivity index (χ0n) is 19.0. The highest BCUT2D eigenvalue weighted by atomic mass is 16.5. The summed E-state index contributed by atoms with van der Waals surface area (Å²) in [6, 6.07) is 18.0. The molecule has 2 aromatic heterocycles. The number of aromatic nitrogens is 3. The summed E-state index contributed by atoms with van der Waals surface area (Å²) in [7, 11) is 1.60. The third-order valence-corrected chi connectivity index (χ3v) is 6.04. The van der Waals surface area contributed by atoms with Gasteiger partial charge in [0.1, 0.15) is 11.4 Å². The summed E-state index contributed by atoms with van der Waals surface area (Å²) in [6.07, 6.45) is 2.89.